The highest BCUT2D eigenvalue weighted by molar-refractivity contribution is 6.50. The molecule has 0 atom stereocenters. The van der Waals surface area contributed by atoms with Gasteiger partial charge in [-0.2, -0.15) is 0 Å². The second-order valence-electron chi connectivity index (χ2n) is 9.01. The fourth-order valence-corrected chi connectivity index (χ4v) is 5.06. The number of rotatable bonds is 6. The van der Waals surface area contributed by atoms with E-state index < -0.39 is 11.8 Å². The fraction of sp³-hybridized carbons (Fsp3) is 0.143. The Balaban J connectivity index is 1.37. The van der Waals surface area contributed by atoms with Crippen LogP contribution >= 0.6 is 0 Å². The average molecular weight is 493 g/mol. The zero-order valence-corrected chi connectivity index (χ0v) is 20.1. The summed E-state index contributed by atoms with van der Waals surface area (Å²) in [7, 11) is 1.93. The molecule has 9 heteroatoms. The number of fused-ring (bicyclic) bond motifs is 2. The second kappa shape index (κ2) is 8.94. The highest BCUT2D eigenvalue weighted by Crippen LogP contribution is 2.38. The van der Waals surface area contributed by atoms with Crippen molar-refractivity contribution in [3.63, 3.8) is 0 Å². The van der Waals surface area contributed by atoms with Crippen molar-refractivity contribution in [1.82, 2.24) is 29.3 Å². The van der Waals surface area contributed by atoms with Gasteiger partial charge in [0.05, 0.1) is 11.1 Å². The van der Waals surface area contributed by atoms with E-state index >= 15 is 0 Å². The summed E-state index contributed by atoms with van der Waals surface area (Å²) in [6, 6.07) is 15.4. The van der Waals surface area contributed by atoms with E-state index in [1.807, 2.05) is 72.5 Å². The van der Waals surface area contributed by atoms with Gasteiger partial charge in [0.25, 0.3) is 11.8 Å². The first-order valence-corrected chi connectivity index (χ1v) is 12.0. The predicted molar refractivity (Wildman–Crippen MR) is 140 cm³/mol. The lowest BCUT2D eigenvalue weighted by molar-refractivity contribution is -0.122. The SMILES string of the molecule is Cn1cc(C2=C(c3cn(CCCNC(=O)n4ccnc4)c4ccccc34)C(=O)NC2=O)c2ccccc21. The van der Waals surface area contributed by atoms with Gasteiger partial charge in [0, 0.05) is 77.9 Å². The standard InChI is InChI=1S/C28H24N6O3/c1-32-15-20(18-7-2-4-9-22(18)32)24-25(27(36)31-26(24)35)21-16-33(23-10-5-3-8-19(21)23)13-6-11-30-28(37)34-14-12-29-17-34/h2-5,7-10,12,14-17H,6,11,13H2,1H3,(H,30,37)(H,31,35,36). The number of carbonyl (C=O) groups excluding carboxylic acids is 3. The van der Waals surface area contributed by atoms with E-state index in [9.17, 15) is 14.4 Å². The molecule has 2 N–H and O–H groups in total. The molecule has 0 bridgehead atoms. The fourth-order valence-electron chi connectivity index (χ4n) is 5.06. The number of hydrogen-bond acceptors (Lipinski definition) is 4. The van der Waals surface area contributed by atoms with Crippen LogP contribution in [0.3, 0.4) is 0 Å². The third-order valence-corrected chi connectivity index (χ3v) is 6.75. The van der Waals surface area contributed by atoms with E-state index in [-0.39, 0.29) is 6.03 Å². The highest BCUT2D eigenvalue weighted by Gasteiger charge is 2.35. The van der Waals surface area contributed by atoms with Crippen LogP contribution in [0.5, 0.6) is 0 Å². The number of nitrogens with one attached hydrogen (secondary N) is 2. The lowest BCUT2D eigenvalue weighted by atomic mass is 9.95. The number of aromatic nitrogens is 4. The Morgan fingerprint density at radius 3 is 2.27 bits per heavy atom. The summed E-state index contributed by atoms with van der Waals surface area (Å²) in [4.78, 5) is 42.3. The molecule has 3 amide bonds. The molecule has 0 aliphatic carbocycles. The maximum atomic E-state index is 13.2. The van der Waals surface area contributed by atoms with Gasteiger partial charge in [0.1, 0.15) is 6.33 Å². The minimum Gasteiger partial charge on any atom is -0.350 e. The molecule has 5 aromatic rings. The lowest BCUT2D eigenvalue weighted by Gasteiger charge is -2.07. The third-order valence-electron chi connectivity index (χ3n) is 6.75. The molecule has 0 saturated carbocycles. The number of imidazole rings is 1. The number of amides is 3. The van der Waals surface area contributed by atoms with Gasteiger partial charge in [-0.3, -0.25) is 19.5 Å². The monoisotopic (exact) mass is 492 g/mol. The largest absolute Gasteiger partial charge is 0.350 e. The highest BCUT2D eigenvalue weighted by atomic mass is 16.2. The van der Waals surface area contributed by atoms with Gasteiger partial charge in [0.15, 0.2) is 0 Å². The number of para-hydroxylation sites is 2. The van der Waals surface area contributed by atoms with E-state index in [1.165, 1.54) is 10.9 Å². The van der Waals surface area contributed by atoms with E-state index in [4.69, 9.17) is 0 Å². The van der Waals surface area contributed by atoms with Crippen LogP contribution in [0, 0.1) is 0 Å². The lowest BCUT2D eigenvalue weighted by Crippen LogP contribution is -2.28. The Hall–Kier alpha value is -4.92. The summed E-state index contributed by atoms with van der Waals surface area (Å²) in [6.07, 6.45) is 9.12. The molecule has 2 aromatic carbocycles. The van der Waals surface area contributed by atoms with Gasteiger partial charge < -0.3 is 14.5 Å². The van der Waals surface area contributed by atoms with Crippen molar-refractivity contribution >= 4 is 50.8 Å². The Bertz CT molecular complexity index is 1720. The molecule has 0 spiro atoms. The molecule has 37 heavy (non-hydrogen) atoms. The molecule has 3 aromatic heterocycles. The molecule has 4 heterocycles. The van der Waals surface area contributed by atoms with Gasteiger partial charge in [-0.05, 0) is 18.6 Å². The number of carbonyl (C=O) groups is 3. The van der Waals surface area contributed by atoms with Gasteiger partial charge in [-0.15, -0.1) is 0 Å². The maximum absolute atomic E-state index is 13.2. The Morgan fingerprint density at radius 1 is 0.919 bits per heavy atom. The van der Waals surface area contributed by atoms with Crippen molar-refractivity contribution in [3.8, 4) is 0 Å². The zero-order chi connectivity index (χ0) is 25.5. The van der Waals surface area contributed by atoms with Crippen molar-refractivity contribution in [2.75, 3.05) is 6.54 Å². The number of hydrogen-bond donors (Lipinski definition) is 2. The number of benzene rings is 2. The molecule has 0 fully saturated rings. The Kier molecular flexibility index (Phi) is 5.45. The van der Waals surface area contributed by atoms with Crippen molar-refractivity contribution in [2.24, 2.45) is 7.05 Å². The van der Waals surface area contributed by atoms with Crippen LogP contribution in [0.15, 0.2) is 79.6 Å². The molecule has 184 valence electrons. The van der Waals surface area contributed by atoms with Crippen LogP contribution < -0.4 is 10.6 Å². The van der Waals surface area contributed by atoms with Crippen LogP contribution in [0.25, 0.3) is 33.0 Å². The predicted octanol–water partition coefficient (Wildman–Crippen LogP) is 3.54. The van der Waals surface area contributed by atoms with Crippen molar-refractivity contribution < 1.29 is 14.4 Å². The molecule has 1 aliphatic rings. The van der Waals surface area contributed by atoms with E-state index in [2.05, 4.69) is 20.2 Å². The smallest absolute Gasteiger partial charge is 0.326 e. The third kappa shape index (κ3) is 3.81. The molecule has 0 unspecified atom stereocenters. The first kappa shape index (κ1) is 22.5. The van der Waals surface area contributed by atoms with Gasteiger partial charge in [-0.25, -0.2) is 9.78 Å². The topological polar surface area (TPSA) is 103 Å². The maximum Gasteiger partial charge on any atom is 0.326 e. The Labute approximate surface area is 212 Å². The van der Waals surface area contributed by atoms with E-state index in [1.54, 1.807) is 12.4 Å². The minimum atomic E-state index is -0.400. The quantitative estimate of drug-likeness (QED) is 0.280. The Morgan fingerprint density at radius 2 is 1.57 bits per heavy atom. The second-order valence-corrected chi connectivity index (χ2v) is 9.01. The summed E-state index contributed by atoms with van der Waals surface area (Å²) in [6.45, 7) is 1.10. The number of imide groups is 1. The van der Waals surface area contributed by atoms with Crippen LogP contribution in [0.1, 0.15) is 17.5 Å². The van der Waals surface area contributed by atoms with Crippen LogP contribution in [0.2, 0.25) is 0 Å². The average Bonchev–Trinajstić information content (AvgIpc) is 3.68. The van der Waals surface area contributed by atoms with Gasteiger partial charge in [0.2, 0.25) is 0 Å². The molecular weight excluding hydrogens is 468 g/mol. The van der Waals surface area contributed by atoms with Crippen LogP contribution in [-0.4, -0.2) is 43.1 Å². The van der Waals surface area contributed by atoms with Crippen molar-refractivity contribution in [1.29, 1.82) is 0 Å². The molecule has 0 saturated heterocycles. The van der Waals surface area contributed by atoms with Crippen LogP contribution in [-0.2, 0) is 23.2 Å². The normalized spacial score (nSPS) is 13.6. The van der Waals surface area contributed by atoms with Gasteiger partial charge >= 0.3 is 6.03 Å². The summed E-state index contributed by atoms with van der Waals surface area (Å²) in [5.41, 5.74) is 4.15. The molecule has 0 radical (unpaired) electrons. The van der Waals surface area contributed by atoms with Crippen molar-refractivity contribution in [3.05, 3.63) is 90.8 Å². The number of nitrogens with zero attached hydrogens (tertiary/aromatic N) is 4. The summed E-state index contributed by atoms with van der Waals surface area (Å²) in [5, 5.41) is 7.20. The van der Waals surface area contributed by atoms with Crippen molar-refractivity contribution in [2.45, 2.75) is 13.0 Å². The first-order chi connectivity index (χ1) is 18.0. The van der Waals surface area contributed by atoms with Crippen LogP contribution in [0.4, 0.5) is 4.79 Å². The zero-order valence-electron chi connectivity index (χ0n) is 20.1. The minimum absolute atomic E-state index is 0.235. The molecule has 9 nitrogen and oxygen atoms in total. The van der Waals surface area contributed by atoms with E-state index in [0.29, 0.717) is 36.2 Å². The number of aryl methyl sites for hydroxylation is 2. The summed E-state index contributed by atoms with van der Waals surface area (Å²) >= 11 is 0. The first-order valence-electron chi connectivity index (χ1n) is 12.0. The summed E-state index contributed by atoms with van der Waals surface area (Å²) < 4.78 is 5.42. The molecular formula is C28H24N6O3. The summed E-state index contributed by atoms with van der Waals surface area (Å²) in [5.74, 6) is -0.793. The van der Waals surface area contributed by atoms with Gasteiger partial charge in [-0.1, -0.05) is 36.4 Å². The van der Waals surface area contributed by atoms with E-state index in [0.717, 1.165) is 27.4 Å². The molecule has 1 aliphatic heterocycles. The molecule has 6 rings (SSSR count).